The second kappa shape index (κ2) is 4.76. The first-order chi connectivity index (χ1) is 7.77. The lowest BCUT2D eigenvalue weighted by Crippen LogP contribution is -2.13. The first kappa shape index (κ1) is 10.6. The van der Waals surface area contributed by atoms with E-state index in [2.05, 4.69) is 10.2 Å². The number of nitrogens with zero attached hydrogens (tertiary/aromatic N) is 2. The summed E-state index contributed by atoms with van der Waals surface area (Å²) in [6.07, 6.45) is 1.53. The smallest absolute Gasteiger partial charge is 0.134 e. The highest BCUT2D eigenvalue weighted by Gasteiger charge is 2.08. The Labute approximate surface area is 97.4 Å². The lowest BCUT2D eigenvalue weighted by molar-refractivity contribution is 0.921. The number of rotatable bonds is 3. The molecule has 0 aliphatic heterocycles. The van der Waals surface area contributed by atoms with Crippen molar-refractivity contribution in [2.24, 2.45) is 5.73 Å². The van der Waals surface area contributed by atoms with Crippen molar-refractivity contribution in [1.29, 1.82) is 5.41 Å². The summed E-state index contributed by atoms with van der Waals surface area (Å²) < 4.78 is 0. The van der Waals surface area contributed by atoms with Gasteiger partial charge in [0.25, 0.3) is 0 Å². The summed E-state index contributed by atoms with van der Waals surface area (Å²) in [7, 11) is 0. The molecule has 1 aromatic heterocycles. The summed E-state index contributed by atoms with van der Waals surface area (Å²) in [6.45, 7) is 0. The number of amidine groups is 1. The van der Waals surface area contributed by atoms with Gasteiger partial charge in [-0.3, -0.25) is 5.41 Å². The maximum atomic E-state index is 7.44. The van der Waals surface area contributed by atoms with Crippen LogP contribution in [0.4, 0.5) is 0 Å². The van der Waals surface area contributed by atoms with Gasteiger partial charge in [0.1, 0.15) is 10.9 Å². The van der Waals surface area contributed by atoms with Crippen LogP contribution in [-0.2, 0) is 0 Å². The minimum atomic E-state index is 0.00771. The minimum Gasteiger partial charge on any atom is -0.384 e. The van der Waals surface area contributed by atoms with E-state index in [-0.39, 0.29) is 5.84 Å². The summed E-state index contributed by atoms with van der Waals surface area (Å²) in [6, 6.07) is 11.5. The molecule has 1 aromatic carbocycles. The van der Waals surface area contributed by atoms with Crippen LogP contribution in [0.1, 0.15) is 5.56 Å². The van der Waals surface area contributed by atoms with Gasteiger partial charge >= 0.3 is 0 Å². The molecule has 0 atom stereocenters. The predicted molar refractivity (Wildman–Crippen MR) is 63.6 cm³/mol. The number of nitrogens with one attached hydrogen (secondary N) is 1. The quantitative estimate of drug-likeness (QED) is 0.624. The van der Waals surface area contributed by atoms with Crippen molar-refractivity contribution in [2.75, 3.05) is 0 Å². The highest BCUT2D eigenvalue weighted by atomic mass is 32.2. The summed E-state index contributed by atoms with van der Waals surface area (Å²) in [5.41, 5.74) is 6.09. The van der Waals surface area contributed by atoms with Crippen LogP contribution in [0.3, 0.4) is 0 Å². The van der Waals surface area contributed by atoms with E-state index in [9.17, 15) is 0 Å². The van der Waals surface area contributed by atoms with Crippen molar-refractivity contribution in [3.63, 3.8) is 0 Å². The molecule has 2 aromatic rings. The van der Waals surface area contributed by atoms with Crippen LogP contribution in [0.25, 0.3) is 0 Å². The van der Waals surface area contributed by atoms with Crippen molar-refractivity contribution in [3.05, 3.63) is 48.2 Å². The monoisotopic (exact) mass is 230 g/mol. The fourth-order valence-electron chi connectivity index (χ4n) is 1.20. The number of benzene rings is 1. The normalized spacial score (nSPS) is 10.0. The van der Waals surface area contributed by atoms with Gasteiger partial charge in [-0.1, -0.05) is 30.0 Å². The Morgan fingerprint density at radius 3 is 2.62 bits per heavy atom. The van der Waals surface area contributed by atoms with Gasteiger partial charge in [0.05, 0.1) is 11.8 Å². The Balaban J connectivity index is 2.31. The Morgan fingerprint density at radius 2 is 1.94 bits per heavy atom. The van der Waals surface area contributed by atoms with Crippen LogP contribution in [0, 0.1) is 5.41 Å². The second-order valence-corrected chi connectivity index (χ2v) is 4.14. The topological polar surface area (TPSA) is 75.7 Å². The lowest BCUT2D eigenvalue weighted by atomic mass is 10.3. The van der Waals surface area contributed by atoms with Gasteiger partial charge in [0, 0.05) is 4.90 Å². The highest BCUT2D eigenvalue weighted by Crippen LogP contribution is 2.27. The van der Waals surface area contributed by atoms with Crippen LogP contribution in [0.2, 0.25) is 0 Å². The van der Waals surface area contributed by atoms with Crippen molar-refractivity contribution in [1.82, 2.24) is 10.2 Å². The fraction of sp³-hybridized carbons (Fsp3) is 0. The number of hydrogen-bond donors (Lipinski definition) is 2. The summed E-state index contributed by atoms with van der Waals surface area (Å²) >= 11 is 1.45. The maximum Gasteiger partial charge on any atom is 0.134 e. The molecule has 0 unspecified atom stereocenters. The van der Waals surface area contributed by atoms with Gasteiger partial charge in [0.2, 0.25) is 0 Å². The van der Waals surface area contributed by atoms with Crippen molar-refractivity contribution >= 4 is 17.6 Å². The van der Waals surface area contributed by atoms with E-state index in [1.54, 1.807) is 6.07 Å². The Hall–Kier alpha value is -1.88. The lowest BCUT2D eigenvalue weighted by Gasteiger charge is -2.04. The molecule has 0 spiro atoms. The maximum absolute atomic E-state index is 7.44. The highest BCUT2D eigenvalue weighted by molar-refractivity contribution is 7.99. The molecule has 0 aliphatic carbocycles. The average molecular weight is 230 g/mol. The van der Waals surface area contributed by atoms with Crippen LogP contribution < -0.4 is 5.73 Å². The zero-order valence-corrected chi connectivity index (χ0v) is 9.24. The molecule has 4 nitrogen and oxygen atoms in total. The van der Waals surface area contributed by atoms with E-state index in [1.807, 2.05) is 30.3 Å². The molecular formula is C11H10N4S. The Kier molecular flexibility index (Phi) is 3.16. The first-order valence-corrected chi connectivity index (χ1v) is 5.48. The first-order valence-electron chi connectivity index (χ1n) is 4.66. The average Bonchev–Trinajstić information content (AvgIpc) is 2.31. The Morgan fingerprint density at radius 1 is 1.19 bits per heavy atom. The van der Waals surface area contributed by atoms with E-state index in [1.165, 1.54) is 18.0 Å². The van der Waals surface area contributed by atoms with Crippen molar-refractivity contribution in [3.8, 4) is 0 Å². The van der Waals surface area contributed by atoms with E-state index in [4.69, 9.17) is 11.1 Å². The molecule has 0 radical (unpaired) electrons. The third-order valence-electron chi connectivity index (χ3n) is 1.93. The number of nitrogen functional groups attached to an aromatic ring is 1. The zero-order valence-electron chi connectivity index (χ0n) is 8.42. The molecule has 5 heteroatoms. The molecule has 0 bridgehead atoms. The van der Waals surface area contributed by atoms with Gasteiger partial charge in [-0.2, -0.15) is 5.10 Å². The summed E-state index contributed by atoms with van der Waals surface area (Å²) in [5, 5.41) is 15.9. The zero-order chi connectivity index (χ0) is 11.4. The number of hydrogen-bond acceptors (Lipinski definition) is 4. The third-order valence-corrected chi connectivity index (χ3v) is 2.94. The third kappa shape index (κ3) is 2.38. The predicted octanol–water partition coefficient (Wildman–Crippen LogP) is 1.91. The standard InChI is InChI=1S/C11H10N4S/c12-10(13)9-6-7-14-15-11(9)16-8-4-2-1-3-5-8/h1-7H,(H3,12,13). The van der Waals surface area contributed by atoms with E-state index >= 15 is 0 Å². The number of aromatic nitrogens is 2. The van der Waals surface area contributed by atoms with Gasteiger partial charge in [-0.15, -0.1) is 5.10 Å². The minimum absolute atomic E-state index is 0.00771. The molecule has 1 heterocycles. The van der Waals surface area contributed by atoms with Crippen molar-refractivity contribution < 1.29 is 0 Å². The van der Waals surface area contributed by atoms with Gasteiger partial charge < -0.3 is 5.73 Å². The van der Waals surface area contributed by atoms with E-state index in [0.717, 1.165) is 4.90 Å². The molecule has 0 aliphatic rings. The van der Waals surface area contributed by atoms with Crippen LogP contribution in [-0.4, -0.2) is 16.0 Å². The number of nitrogens with two attached hydrogens (primary N) is 1. The fourth-order valence-corrected chi connectivity index (χ4v) is 2.09. The molecule has 0 saturated heterocycles. The molecule has 0 fully saturated rings. The van der Waals surface area contributed by atoms with Gasteiger partial charge in [-0.05, 0) is 18.2 Å². The molecule has 3 N–H and O–H groups in total. The van der Waals surface area contributed by atoms with E-state index in [0.29, 0.717) is 10.6 Å². The van der Waals surface area contributed by atoms with Gasteiger partial charge in [-0.25, -0.2) is 0 Å². The molecule has 0 saturated carbocycles. The summed E-state index contributed by atoms with van der Waals surface area (Å²) in [5.74, 6) is 0.00771. The van der Waals surface area contributed by atoms with Crippen molar-refractivity contribution in [2.45, 2.75) is 9.92 Å². The molecule has 2 rings (SSSR count). The molecule has 16 heavy (non-hydrogen) atoms. The Bertz CT molecular complexity index is 498. The van der Waals surface area contributed by atoms with Crippen LogP contribution in [0.15, 0.2) is 52.5 Å². The SMILES string of the molecule is N=C(N)c1ccnnc1Sc1ccccc1. The molecule has 80 valence electrons. The van der Waals surface area contributed by atoms with E-state index < -0.39 is 0 Å². The molecular weight excluding hydrogens is 220 g/mol. The largest absolute Gasteiger partial charge is 0.384 e. The summed E-state index contributed by atoms with van der Waals surface area (Å²) in [4.78, 5) is 1.05. The second-order valence-electron chi connectivity index (χ2n) is 3.08. The molecule has 0 amide bonds. The van der Waals surface area contributed by atoms with Crippen LogP contribution >= 0.6 is 11.8 Å². The van der Waals surface area contributed by atoms with Gasteiger partial charge in [0.15, 0.2) is 0 Å². The van der Waals surface area contributed by atoms with Crippen LogP contribution in [0.5, 0.6) is 0 Å².